The quantitative estimate of drug-likeness (QED) is 0.536. The molecule has 0 bridgehead atoms. The molecule has 0 radical (unpaired) electrons. The van der Waals surface area contributed by atoms with Crippen LogP contribution >= 0.6 is 0 Å². The molecule has 37 heavy (non-hydrogen) atoms. The average Bonchev–Trinajstić information content (AvgIpc) is 3.45. The molecule has 1 saturated heterocycles. The Hall–Kier alpha value is -2.94. The van der Waals surface area contributed by atoms with Gasteiger partial charge >= 0.3 is 0 Å². The lowest BCUT2D eigenvalue weighted by Crippen LogP contribution is -2.54. The predicted molar refractivity (Wildman–Crippen MR) is 142 cm³/mol. The van der Waals surface area contributed by atoms with Crippen molar-refractivity contribution in [3.05, 3.63) is 36.3 Å². The van der Waals surface area contributed by atoms with E-state index in [1.54, 1.807) is 30.2 Å². The second-order valence-electron chi connectivity index (χ2n) is 11.7. The van der Waals surface area contributed by atoms with E-state index in [0.717, 1.165) is 44.6 Å². The molecule has 2 aliphatic carbocycles. The Bertz CT molecular complexity index is 1110. The van der Waals surface area contributed by atoms with Gasteiger partial charge in [-0.1, -0.05) is 40.0 Å². The fourth-order valence-electron chi connectivity index (χ4n) is 5.86. The standard InChI is InChI=1S/C28H40N6O3/c1-18(2)22-17-34(14-15-37-22)23-9-8-20(16-29-23)31-27(36)25(32-26(35)21-10-13-30-33(21)4)24(19-6-5-7-19)28(3)11-12-28/h8-10,13,16,18-19,22,24-25H,5-7,11-12,14-15,17H2,1-4H3,(H,31,36)(H,32,35)/t22?,24?,25-/m0/s1. The minimum Gasteiger partial charge on any atom is -0.374 e. The molecule has 0 spiro atoms. The van der Waals surface area contributed by atoms with Gasteiger partial charge < -0.3 is 20.3 Å². The molecule has 5 rings (SSSR count). The molecule has 200 valence electrons. The molecule has 0 aromatic carbocycles. The fourth-order valence-corrected chi connectivity index (χ4v) is 5.86. The molecule has 9 heteroatoms. The summed E-state index contributed by atoms with van der Waals surface area (Å²) in [5.41, 5.74) is 1.16. The molecule has 2 aromatic heterocycles. The van der Waals surface area contributed by atoms with Gasteiger partial charge in [0.05, 0.1) is 24.6 Å². The van der Waals surface area contributed by atoms with Crippen LogP contribution in [0.15, 0.2) is 30.6 Å². The second-order valence-corrected chi connectivity index (χ2v) is 11.7. The highest BCUT2D eigenvalue weighted by molar-refractivity contribution is 6.00. The maximum Gasteiger partial charge on any atom is 0.270 e. The lowest BCUT2D eigenvalue weighted by Gasteiger charge is -2.42. The molecule has 3 aliphatic rings. The van der Waals surface area contributed by atoms with Crippen molar-refractivity contribution in [3.63, 3.8) is 0 Å². The van der Waals surface area contributed by atoms with E-state index in [-0.39, 0.29) is 29.3 Å². The van der Waals surface area contributed by atoms with Crippen molar-refractivity contribution in [2.24, 2.45) is 30.2 Å². The summed E-state index contributed by atoms with van der Waals surface area (Å²) in [5.74, 6) is 1.43. The molecule has 2 amide bonds. The number of carbonyl (C=O) groups excluding carboxylic acids is 2. The zero-order chi connectivity index (χ0) is 26.2. The fraction of sp³-hybridized carbons (Fsp3) is 0.643. The number of aromatic nitrogens is 3. The first-order valence-electron chi connectivity index (χ1n) is 13.7. The molecule has 9 nitrogen and oxygen atoms in total. The minimum absolute atomic E-state index is 0.0816. The molecule has 3 fully saturated rings. The van der Waals surface area contributed by atoms with Gasteiger partial charge in [-0.2, -0.15) is 5.10 Å². The number of nitrogens with one attached hydrogen (secondary N) is 2. The summed E-state index contributed by atoms with van der Waals surface area (Å²) >= 11 is 0. The van der Waals surface area contributed by atoms with Crippen LogP contribution in [0, 0.1) is 23.2 Å². The highest BCUT2D eigenvalue weighted by Crippen LogP contribution is 2.58. The highest BCUT2D eigenvalue weighted by atomic mass is 16.5. The number of anilines is 2. The van der Waals surface area contributed by atoms with E-state index >= 15 is 0 Å². The van der Waals surface area contributed by atoms with E-state index in [1.807, 2.05) is 12.1 Å². The van der Waals surface area contributed by atoms with Gasteiger partial charge in [-0.3, -0.25) is 14.3 Å². The zero-order valence-electron chi connectivity index (χ0n) is 22.4. The topological polar surface area (TPSA) is 101 Å². The van der Waals surface area contributed by atoms with Crippen molar-refractivity contribution in [3.8, 4) is 0 Å². The van der Waals surface area contributed by atoms with E-state index in [4.69, 9.17) is 4.74 Å². The van der Waals surface area contributed by atoms with Gasteiger partial charge in [0.15, 0.2) is 0 Å². The normalized spacial score (nSPS) is 22.7. The zero-order valence-corrected chi connectivity index (χ0v) is 22.4. The number of pyridine rings is 1. The van der Waals surface area contributed by atoms with Crippen molar-refractivity contribution < 1.29 is 14.3 Å². The van der Waals surface area contributed by atoms with Crippen LogP contribution in [0.1, 0.15) is 63.4 Å². The van der Waals surface area contributed by atoms with Crippen LogP contribution in [-0.2, 0) is 16.6 Å². The molecule has 2 aromatic rings. The third-order valence-corrected chi connectivity index (χ3v) is 8.66. The lowest BCUT2D eigenvalue weighted by atomic mass is 9.66. The molecule has 2 saturated carbocycles. The first kappa shape index (κ1) is 25.7. The Labute approximate surface area is 219 Å². The van der Waals surface area contributed by atoms with Gasteiger partial charge in [0.2, 0.25) is 5.91 Å². The van der Waals surface area contributed by atoms with Crippen LogP contribution in [0.25, 0.3) is 0 Å². The monoisotopic (exact) mass is 508 g/mol. The summed E-state index contributed by atoms with van der Waals surface area (Å²) < 4.78 is 7.42. The van der Waals surface area contributed by atoms with Crippen LogP contribution in [0.2, 0.25) is 0 Å². The van der Waals surface area contributed by atoms with E-state index in [0.29, 0.717) is 29.8 Å². The van der Waals surface area contributed by atoms with Crippen molar-refractivity contribution >= 4 is 23.3 Å². The molecule has 3 heterocycles. The summed E-state index contributed by atoms with van der Waals surface area (Å²) in [6, 6.07) is 4.91. The van der Waals surface area contributed by atoms with Gasteiger partial charge in [-0.25, -0.2) is 4.98 Å². The molecular formula is C28H40N6O3. The maximum atomic E-state index is 13.8. The predicted octanol–water partition coefficient (Wildman–Crippen LogP) is 3.63. The molecule has 1 aliphatic heterocycles. The van der Waals surface area contributed by atoms with E-state index in [9.17, 15) is 9.59 Å². The second kappa shape index (κ2) is 10.4. The van der Waals surface area contributed by atoms with Crippen molar-refractivity contribution in [1.29, 1.82) is 0 Å². The smallest absolute Gasteiger partial charge is 0.270 e. The first-order chi connectivity index (χ1) is 17.7. The van der Waals surface area contributed by atoms with Gasteiger partial charge in [-0.15, -0.1) is 0 Å². The summed E-state index contributed by atoms with van der Waals surface area (Å²) in [6.07, 6.45) is 9.08. The summed E-state index contributed by atoms with van der Waals surface area (Å²) in [4.78, 5) is 33.8. The number of carbonyl (C=O) groups is 2. The maximum absolute atomic E-state index is 13.8. The Balaban J connectivity index is 1.32. The van der Waals surface area contributed by atoms with E-state index in [1.165, 1.54) is 6.42 Å². The average molecular weight is 509 g/mol. The third kappa shape index (κ3) is 5.51. The van der Waals surface area contributed by atoms with E-state index < -0.39 is 6.04 Å². The number of morpholine rings is 1. The number of amides is 2. The van der Waals surface area contributed by atoms with Crippen molar-refractivity contribution in [1.82, 2.24) is 20.1 Å². The SMILES string of the molecule is CC(C)C1CN(c2ccc(NC(=O)[C@@H](NC(=O)c3ccnn3C)C(C3CCC3)C3(C)CC3)cn2)CCO1. The Morgan fingerprint density at radius 1 is 1.19 bits per heavy atom. The number of nitrogens with zero attached hydrogens (tertiary/aromatic N) is 4. The molecular weight excluding hydrogens is 468 g/mol. The number of aryl methyl sites for hydroxylation is 1. The summed E-state index contributed by atoms with van der Waals surface area (Å²) in [7, 11) is 1.74. The third-order valence-electron chi connectivity index (χ3n) is 8.66. The lowest BCUT2D eigenvalue weighted by molar-refractivity contribution is -0.121. The first-order valence-corrected chi connectivity index (χ1v) is 13.7. The molecule has 3 atom stereocenters. The number of ether oxygens (including phenoxy) is 1. The number of hydrogen-bond acceptors (Lipinski definition) is 6. The van der Waals surface area contributed by atoms with Gasteiger partial charge in [-0.05, 0) is 54.2 Å². The summed E-state index contributed by atoms with van der Waals surface area (Å²) in [6.45, 7) is 8.88. The largest absolute Gasteiger partial charge is 0.374 e. The molecule has 2 unspecified atom stereocenters. The van der Waals surface area contributed by atoms with Gasteiger partial charge in [0.25, 0.3) is 5.91 Å². The van der Waals surface area contributed by atoms with Crippen molar-refractivity contribution in [2.75, 3.05) is 29.9 Å². The Morgan fingerprint density at radius 2 is 1.97 bits per heavy atom. The number of hydrogen-bond donors (Lipinski definition) is 2. The molecule has 2 N–H and O–H groups in total. The van der Waals surface area contributed by atoms with Gasteiger partial charge in [0.1, 0.15) is 17.6 Å². The van der Waals surface area contributed by atoms with Crippen LogP contribution in [0.5, 0.6) is 0 Å². The number of rotatable bonds is 9. The van der Waals surface area contributed by atoms with Crippen molar-refractivity contribution in [2.45, 2.75) is 65.0 Å². The Morgan fingerprint density at radius 3 is 2.54 bits per heavy atom. The Kier molecular flexibility index (Phi) is 7.25. The van der Waals surface area contributed by atoms with Crippen LogP contribution in [0.4, 0.5) is 11.5 Å². The van der Waals surface area contributed by atoms with Crippen LogP contribution in [-0.4, -0.2) is 58.4 Å². The van der Waals surface area contributed by atoms with Crippen LogP contribution < -0.4 is 15.5 Å². The van der Waals surface area contributed by atoms with Crippen LogP contribution in [0.3, 0.4) is 0 Å². The van der Waals surface area contributed by atoms with Gasteiger partial charge in [0, 0.05) is 26.3 Å². The minimum atomic E-state index is -0.620. The summed E-state index contributed by atoms with van der Waals surface area (Å²) in [5, 5.41) is 10.3. The van der Waals surface area contributed by atoms with E-state index in [2.05, 4.69) is 46.4 Å². The highest BCUT2D eigenvalue weighted by Gasteiger charge is 2.54.